The van der Waals surface area contributed by atoms with Gasteiger partial charge in [0.2, 0.25) is 0 Å². The lowest BCUT2D eigenvalue weighted by Gasteiger charge is -2.28. The first-order valence-electron chi connectivity index (χ1n) is 5.84. The lowest BCUT2D eigenvalue weighted by Crippen LogP contribution is -2.38. The van der Waals surface area contributed by atoms with Crippen LogP contribution in [0.25, 0.3) is 10.9 Å². The number of rotatable bonds is 4. The summed E-state index contributed by atoms with van der Waals surface area (Å²) in [7, 11) is 0. The topological polar surface area (TPSA) is 24.9 Å². The molecular formula is C14H16Cl2N2. The summed E-state index contributed by atoms with van der Waals surface area (Å²) in [5.41, 5.74) is 2.66. The average Bonchev–Trinajstić information content (AvgIpc) is 2.38. The zero-order valence-electron chi connectivity index (χ0n) is 10.5. The molecule has 18 heavy (non-hydrogen) atoms. The molecule has 0 spiro atoms. The molecule has 0 saturated heterocycles. The van der Waals surface area contributed by atoms with Gasteiger partial charge in [-0.1, -0.05) is 18.2 Å². The van der Waals surface area contributed by atoms with Gasteiger partial charge in [0.15, 0.2) is 0 Å². The summed E-state index contributed by atoms with van der Waals surface area (Å²) in [6.07, 6.45) is 0. The molecule has 0 bridgehead atoms. The van der Waals surface area contributed by atoms with Crippen molar-refractivity contribution < 1.29 is 0 Å². The van der Waals surface area contributed by atoms with E-state index in [-0.39, 0.29) is 5.54 Å². The Hall–Kier alpha value is -0.990. The molecule has 0 aliphatic carbocycles. The summed E-state index contributed by atoms with van der Waals surface area (Å²) < 4.78 is 0. The van der Waals surface area contributed by atoms with Crippen LogP contribution in [0.3, 0.4) is 0 Å². The number of alkyl halides is 2. The molecule has 2 rings (SSSR count). The van der Waals surface area contributed by atoms with Gasteiger partial charge in [-0.25, -0.2) is 0 Å². The third kappa shape index (κ3) is 2.70. The van der Waals surface area contributed by atoms with Gasteiger partial charge in [0.1, 0.15) is 0 Å². The van der Waals surface area contributed by atoms with Gasteiger partial charge < -0.3 is 5.32 Å². The number of anilines is 1. The van der Waals surface area contributed by atoms with Gasteiger partial charge in [-0.3, -0.25) is 4.98 Å². The van der Waals surface area contributed by atoms with Crippen LogP contribution in [0.1, 0.15) is 12.6 Å². The van der Waals surface area contributed by atoms with E-state index in [0.29, 0.717) is 11.8 Å². The fraction of sp³-hybridized carbons (Fsp3) is 0.357. The van der Waals surface area contributed by atoms with Crippen molar-refractivity contribution in [2.75, 3.05) is 17.1 Å². The predicted octanol–water partition coefficient (Wildman–Crippen LogP) is 4.19. The maximum atomic E-state index is 5.99. The molecular weight excluding hydrogens is 267 g/mol. The van der Waals surface area contributed by atoms with Crippen LogP contribution in [0.15, 0.2) is 30.3 Å². The number of aryl methyl sites for hydroxylation is 1. The Bertz CT molecular complexity index is 550. The number of nitrogens with zero attached hydrogens (tertiary/aromatic N) is 1. The highest BCUT2D eigenvalue weighted by atomic mass is 35.5. The number of benzene rings is 1. The van der Waals surface area contributed by atoms with Crippen molar-refractivity contribution in [3.63, 3.8) is 0 Å². The van der Waals surface area contributed by atoms with E-state index in [1.807, 2.05) is 44.2 Å². The van der Waals surface area contributed by atoms with Crippen LogP contribution < -0.4 is 5.32 Å². The lowest BCUT2D eigenvalue weighted by molar-refractivity contribution is 0.650. The van der Waals surface area contributed by atoms with Crippen LogP contribution in [0.5, 0.6) is 0 Å². The fourth-order valence-corrected chi connectivity index (χ4v) is 2.26. The molecule has 0 unspecified atom stereocenters. The molecule has 0 aliphatic rings. The number of halogens is 2. The van der Waals surface area contributed by atoms with Gasteiger partial charge >= 0.3 is 0 Å². The van der Waals surface area contributed by atoms with E-state index >= 15 is 0 Å². The standard InChI is InChI=1S/C14H16Cl2N2/c1-10-7-13(18-14(2,8-15)9-16)11-5-3-4-6-12(11)17-10/h3-7H,8-9H2,1-2H3,(H,17,18). The van der Waals surface area contributed by atoms with Gasteiger partial charge in [0, 0.05) is 28.5 Å². The second kappa shape index (κ2) is 5.33. The second-order valence-electron chi connectivity index (χ2n) is 4.78. The molecule has 1 aromatic heterocycles. The summed E-state index contributed by atoms with van der Waals surface area (Å²) in [5.74, 6) is 0.901. The van der Waals surface area contributed by atoms with E-state index in [2.05, 4.69) is 10.3 Å². The SMILES string of the molecule is Cc1cc(NC(C)(CCl)CCl)c2ccccc2n1. The van der Waals surface area contributed by atoms with E-state index in [9.17, 15) is 0 Å². The number of hydrogen-bond acceptors (Lipinski definition) is 2. The lowest BCUT2D eigenvalue weighted by atomic mass is 10.1. The second-order valence-corrected chi connectivity index (χ2v) is 5.32. The monoisotopic (exact) mass is 282 g/mol. The Morgan fingerprint density at radius 2 is 1.89 bits per heavy atom. The quantitative estimate of drug-likeness (QED) is 0.851. The van der Waals surface area contributed by atoms with Gasteiger partial charge in [-0.05, 0) is 26.0 Å². The normalized spacial score (nSPS) is 11.8. The molecule has 0 saturated carbocycles. The molecule has 1 aromatic carbocycles. The Morgan fingerprint density at radius 1 is 1.22 bits per heavy atom. The number of fused-ring (bicyclic) bond motifs is 1. The number of aromatic nitrogens is 1. The van der Waals surface area contributed by atoms with Crippen molar-refractivity contribution in [3.05, 3.63) is 36.0 Å². The maximum Gasteiger partial charge on any atom is 0.0725 e. The van der Waals surface area contributed by atoms with Crippen molar-refractivity contribution >= 4 is 39.8 Å². The molecule has 0 radical (unpaired) electrons. The molecule has 0 fully saturated rings. The maximum absolute atomic E-state index is 5.99. The van der Waals surface area contributed by atoms with Gasteiger partial charge in [0.05, 0.1) is 11.1 Å². The van der Waals surface area contributed by atoms with Gasteiger partial charge in [0.25, 0.3) is 0 Å². The van der Waals surface area contributed by atoms with Crippen molar-refractivity contribution in [3.8, 4) is 0 Å². The highest BCUT2D eigenvalue weighted by Gasteiger charge is 2.22. The zero-order chi connectivity index (χ0) is 13.2. The highest BCUT2D eigenvalue weighted by molar-refractivity contribution is 6.22. The largest absolute Gasteiger partial charge is 0.377 e. The van der Waals surface area contributed by atoms with E-state index < -0.39 is 0 Å². The summed E-state index contributed by atoms with van der Waals surface area (Å²) >= 11 is 12.0. The van der Waals surface area contributed by atoms with Crippen molar-refractivity contribution in [2.45, 2.75) is 19.4 Å². The smallest absolute Gasteiger partial charge is 0.0725 e. The van der Waals surface area contributed by atoms with E-state index in [0.717, 1.165) is 22.3 Å². The summed E-state index contributed by atoms with van der Waals surface area (Å²) in [6.45, 7) is 3.99. The molecule has 0 aliphatic heterocycles. The van der Waals surface area contributed by atoms with Gasteiger partial charge in [-0.15, -0.1) is 23.2 Å². The predicted molar refractivity (Wildman–Crippen MR) is 79.9 cm³/mol. The van der Waals surface area contributed by atoms with Crippen LogP contribution in [0, 0.1) is 6.92 Å². The molecule has 2 aromatic rings. The van der Waals surface area contributed by atoms with E-state index in [4.69, 9.17) is 23.2 Å². The Balaban J connectivity index is 2.50. The van der Waals surface area contributed by atoms with E-state index in [1.54, 1.807) is 0 Å². The minimum absolute atomic E-state index is 0.320. The molecule has 96 valence electrons. The van der Waals surface area contributed by atoms with Crippen LogP contribution in [-0.2, 0) is 0 Å². The first-order chi connectivity index (χ1) is 8.58. The number of hydrogen-bond donors (Lipinski definition) is 1. The highest BCUT2D eigenvalue weighted by Crippen LogP contribution is 2.26. The third-order valence-corrected chi connectivity index (χ3v) is 4.05. The van der Waals surface area contributed by atoms with Crippen LogP contribution in [-0.4, -0.2) is 22.3 Å². The molecule has 4 heteroatoms. The summed E-state index contributed by atoms with van der Waals surface area (Å²) in [4.78, 5) is 4.51. The first-order valence-corrected chi connectivity index (χ1v) is 6.91. The molecule has 0 atom stereocenters. The molecule has 1 heterocycles. The molecule has 0 amide bonds. The summed E-state index contributed by atoms with van der Waals surface area (Å²) in [5, 5.41) is 4.52. The van der Waals surface area contributed by atoms with E-state index in [1.165, 1.54) is 0 Å². The van der Waals surface area contributed by atoms with Gasteiger partial charge in [-0.2, -0.15) is 0 Å². The first kappa shape index (κ1) is 13.4. The number of pyridine rings is 1. The third-order valence-electron chi connectivity index (χ3n) is 2.87. The molecule has 2 nitrogen and oxygen atoms in total. The van der Waals surface area contributed by atoms with Crippen molar-refractivity contribution in [2.24, 2.45) is 0 Å². The van der Waals surface area contributed by atoms with Crippen LogP contribution in [0.2, 0.25) is 0 Å². The zero-order valence-corrected chi connectivity index (χ0v) is 12.0. The van der Waals surface area contributed by atoms with Crippen LogP contribution >= 0.6 is 23.2 Å². The molecule has 1 N–H and O–H groups in total. The summed E-state index contributed by atoms with van der Waals surface area (Å²) in [6, 6.07) is 10.1. The Labute approximate surface area is 117 Å². The van der Waals surface area contributed by atoms with Crippen molar-refractivity contribution in [1.82, 2.24) is 4.98 Å². The van der Waals surface area contributed by atoms with Crippen molar-refractivity contribution in [1.29, 1.82) is 0 Å². The fourth-order valence-electron chi connectivity index (χ4n) is 1.84. The minimum atomic E-state index is -0.320. The number of nitrogens with one attached hydrogen (secondary N) is 1. The average molecular weight is 283 g/mol. The Kier molecular flexibility index (Phi) is 3.98. The minimum Gasteiger partial charge on any atom is -0.377 e. The number of para-hydroxylation sites is 1. The van der Waals surface area contributed by atoms with Crippen LogP contribution in [0.4, 0.5) is 5.69 Å². The Morgan fingerprint density at radius 3 is 2.56 bits per heavy atom.